The van der Waals surface area contributed by atoms with Gasteiger partial charge in [-0.25, -0.2) is 14.3 Å². The number of carbonyl (C=O) groups excluding carboxylic acids is 1. The molecule has 9 nitrogen and oxygen atoms in total. The second-order valence-corrected chi connectivity index (χ2v) is 6.70. The Morgan fingerprint density at radius 3 is 2.56 bits per heavy atom. The van der Waals surface area contributed by atoms with Gasteiger partial charge in [-0.1, -0.05) is 13.8 Å². The monoisotopic (exact) mass is 445 g/mol. The standard InChI is InChI=1S/C20H18F3N7O2/c1-3-13-14(8-24)19(32)29(28-15(13)4-2)9-18(31)27-16-7-12(20(21,22)23)5-6-17(16)30-11-25-10-26-30/h5-7,10-11H,3-4,9H2,1-2H3,(H,27,31). The number of nitrogens with one attached hydrogen (secondary N) is 1. The highest BCUT2D eigenvalue weighted by Gasteiger charge is 2.31. The Morgan fingerprint density at radius 1 is 1.25 bits per heavy atom. The van der Waals surface area contributed by atoms with Gasteiger partial charge in [-0.3, -0.25) is 9.59 Å². The maximum absolute atomic E-state index is 13.2. The SMILES string of the molecule is CCc1nn(CC(=O)Nc2cc(C(F)(F)F)ccc2-n2cncn2)c(=O)c(C#N)c1CC. The Morgan fingerprint density at radius 2 is 2.00 bits per heavy atom. The topological polar surface area (TPSA) is 118 Å². The predicted octanol–water partition coefficient (Wildman–Crippen LogP) is 2.48. The van der Waals surface area contributed by atoms with Crippen LogP contribution in [-0.2, 0) is 30.4 Å². The van der Waals surface area contributed by atoms with Crippen molar-refractivity contribution in [2.24, 2.45) is 0 Å². The summed E-state index contributed by atoms with van der Waals surface area (Å²) in [6.45, 7) is 2.99. The molecule has 12 heteroatoms. The van der Waals surface area contributed by atoms with Gasteiger partial charge >= 0.3 is 6.18 Å². The lowest BCUT2D eigenvalue weighted by Gasteiger charge is -2.15. The quantitative estimate of drug-likeness (QED) is 0.623. The number of aryl methyl sites for hydroxylation is 1. The van der Waals surface area contributed by atoms with E-state index in [9.17, 15) is 28.0 Å². The zero-order valence-electron chi connectivity index (χ0n) is 17.1. The lowest BCUT2D eigenvalue weighted by atomic mass is 10.0. The summed E-state index contributed by atoms with van der Waals surface area (Å²) in [6.07, 6.45) is -1.32. The van der Waals surface area contributed by atoms with Gasteiger partial charge in [0, 0.05) is 0 Å². The van der Waals surface area contributed by atoms with E-state index in [-0.39, 0.29) is 16.9 Å². The number of aromatic nitrogens is 5. The normalized spacial score (nSPS) is 11.2. The summed E-state index contributed by atoms with van der Waals surface area (Å²) in [5, 5.41) is 19.8. The van der Waals surface area contributed by atoms with Gasteiger partial charge in [0.05, 0.1) is 22.6 Å². The number of hydrogen-bond acceptors (Lipinski definition) is 6. The molecule has 0 saturated carbocycles. The van der Waals surface area contributed by atoms with Crippen molar-refractivity contribution in [3.8, 4) is 11.8 Å². The number of nitrogens with zero attached hydrogens (tertiary/aromatic N) is 6. The largest absolute Gasteiger partial charge is 0.416 e. The third-order valence-electron chi connectivity index (χ3n) is 4.70. The van der Waals surface area contributed by atoms with Crippen LogP contribution in [0.2, 0.25) is 0 Å². The van der Waals surface area contributed by atoms with Crippen molar-refractivity contribution < 1.29 is 18.0 Å². The minimum absolute atomic E-state index is 0.102. The van der Waals surface area contributed by atoms with E-state index in [0.717, 1.165) is 22.9 Å². The van der Waals surface area contributed by atoms with Crippen LogP contribution in [0.4, 0.5) is 18.9 Å². The number of alkyl halides is 3. The third-order valence-corrected chi connectivity index (χ3v) is 4.70. The highest BCUT2D eigenvalue weighted by molar-refractivity contribution is 5.92. The molecule has 0 saturated heterocycles. The lowest BCUT2D eigenvalue weighted by Crippen LogP contribution is -2.33. The highest BCUT2D eigenvalue weighted by atomic mass is 19.4. The molecular weight excluding hydrogens is 427 g/mol. The molecule has 32 heavy (non-hydrogen) atoms. The van der Waals surface area contributed by atoms with E-state index in [1.807, 2.05) is 6.07 Å². The minimum atomic E-state index is -4.63. The third kappa shape index (κ3) is 4.51. The van der Waals surface area contributed by atoms with Crippen LogP contribution in [0.25, 0.3) is 5.69 Å². The summed E-state index contributed by atoms with van der Waals surface area (Å²) in [7, 11) is 0. The van der Waals surface area contributed by atoms with Crippen LogP contribution < -0.4 is 10.9 Å². The molecule has 0 aliphatic rings. The van der Waals surface area contributed by atoms with Crippen LogP contribution in [0.3, 0.4) is 0 Å². The van der Waals surface area contributed by atoms with Crippen LogP contribution in [0, 0.1) is 11.3 Å². The zero-order valence-corrected chi connectivity index (χ0v) is 17.1. The van der Waals surface area contributed by atoms with Crippen molar-refractivity contribution in [3.05, 3.63) is 63.6 Å². The summed E-state index contributed by atoms with van der Waals surface area (Å²) in [5.74, 6) is -0.796. The number of benzene rings is 1. The highest BCUT2D eigenvalue weighted by Crippen LogP contribution is 2.33. The summed E-state index contributed by atoms with van der Waals surface area (Å²) < 4.78 is 41.6. The molecule has 0 fully saturated rings. The van der Waals surface area contributed by atoms with Crippen molar-refractivity contribution in [3.63, 3.8) is 0 Å². The summed E-state index contributed by atoms with van der Waals surface area (Å²) in [5.41, 5.74) is -0.824. The summed E-state index contributed by atoms with van der Waals surface area (Å²) >= 11 is 0. The van der Waals surface area contributed by atoms with Crippen molar-refractivity contribution >= 4 is 11.6 Å². The van der Waals surface area contributed by atoms with Gasteiger partial charge in [-0.15, -0.1) is 0 Å². The van der Waals surface area contributed by atoms with Crippen LogP contribution in [0.5, 0.6) is 0 Å². The second kappa shape index (κ2) is 9.01. The molecule has 166 valence electrons. The van der Waals surface area contributed by atoms with Crippen molar-refractivity contribution in [2.45, 2.75) is 39.4 Å². The first-order valence-electron chi connectivity index (χ1n) is 9.58. The Kier molecular flexibility index (Phi) is 6.38. The molecule has 0 unspecified atom stereocenters. The average Bonchev–Trinajstić information content (AvgIpc) is 3.28. The number of carbonyl (C=O) groups is 1. The van der Waals surface area contributed by atoms with E-state index in [1.165, 1.54) is 17.3 Å². The number of anilines is 1. The number of halogens is 3. The second-order valence-electron chi connectivity index (χ2n) is 6.70. The van der Waals surface area contributed by atoms with Gasteiger partial charge in [0.25, 0.3) is 5.56 Å². The first-order chi connectivity index (χ1) is 15.2. The molecule has 0 bridgehead atoms. The number of amides is 1. The molecule has 0 aliphatic heterocycles. The minimum Gasteiger partial charge on any atom is -0.323 e. The Bertz CT molecular complexity index is 1240. The van der Waals surface area contributed by atoms with Gasteiger partial charge in [0.2, 0.25) is 5.91 Å². The molecule has 1 amide bonds. The fraction of sp³-hybridized carbons (Fsp3) is 0.300. The average molecular weight is 445 g/mol. The smallest absolute Gasteiger partial charge is 0.323 e. The van der Waals surface area contributed by atoms with Crippen molar-refractivity contribution in [1.82, 2.24) is 24.5 Å². The van der Waals surface area contributed by atoms with Gasteiger partial charge in [0.1, 0.15) is 30.8 Å². The molecule has 0 aliphatic carbocycles. The van der Waals surface area contributed by atoms with Crippen LogP contribution in [0.15, 0.2) is 35.6 Å². The predicted molar refractivity (Wildman–Crippen MR) is 107 cm³/mol. The molecule has 0 radical (unpaired) electrons. The molecule has 3 rings (SSSR count). The Hall–Kier alpha value is -4.01. The molecule has 2 aromatic heterocycles. The summed E-state index contributed by atoms with van der Waals surface area (Å²) in [4.78, 5) is 29.0. The van der Waals surface area contributed by atoms with E-state index in [4.69, 9.17) is 0 Å². The lowest BCUT2D eigenvalue weighted by molar-refractivity contribution is -0.137. The van der Waals surface area contributed by atoms with Gasteiger partial charge in [-0.2, -0.15) is 28.6 Å². The van der Waals surface area contributed by atoms with E-state index >= 15 is 0 Å². The summed E-state index contributed by atoms with van der Waals surface area (Å²) in [6, 6.07) is 4.63. The number of nitriles is 1. The first kappa shape index (κ1) is 22.7. The maximum Gasteiger partial charge on any atom is 0.416 e. The first-order valence-corrected chi connectivity index (χ1v) is 9.58. The maximum atomic E-state index is 13.2. The van der Waals surface area contributed by atoms with Crippen LogP contribution in [-0.4, -0.2) is 30.5 Å². The van der Waals surface area contributed by atoms with Gasteiger partial charge in [-0.05, 0) is 36.6 Å². The van der Waals surface area contributed by atoms with E-state index in [2.05, 4.69) is 20.5 Å². The Labute approximate surface area is 180 Å². The van der Waals surface area contributed by atoms with E-state index in [0.29, 0.717) is 24.1 Å². The van der Waals surface area contributed by atoms with E-state index in [1.54, 1.807) is 13.8 Å². The molecule has 1 N–H and O–H groups in total. The fourth-order valence-electron chi connectivity index (χ4n) is 3.21. The van der Waals surface area contributed by atoms with Crippen LogP contribution in [0.1, 0.15) is 36.2 Å². The molecule has 3 aromatic rings. The van der Waals surface area contributed by atoms with Crippen molar-refractivity contribution in [1.29, 1.82) is 5.26 Å². The molecule has 0 spiro atoms. The van der Waals surface area contributed by atoms with E-state index < -0.39 is 29.8 Å². The molecular formula is C20H18F3N7O2. The number of hydrogen-bond donors (Lipinski definition) is 1. The van der Waals surface area contributed by atoms with Crippen LogP contribution >= 0.6 is 0 Å². The zero-order chi connectivity index (χ0) is 23.5. The van der Waals surface area contributed by atoms with Gasteiger partial charge in [0.15, 0.2) is 0 Å². The fourth-order valence-corrected chi connectivity index (χ4v) is 3.21. The molecule has 0 atom stereocenters. The Balaban J connectivity index is 1.98. The van der Waals surface area contributed by atoms with Gasteiger partial charge < -0.3 is 5.32 Å². The molecule has 2 heterocycles. The number of rotatable bonds is 6. The molecule has 1 aromatic carbocycles. The van der Waals surface area contributed by atoms with Crippen molar-refractivity contribution in [2.75, 3.05) is 5.32 Å².